The fourth-order valence-corrected chi connectivity index (χ4v) is 15.4. The van der Waals surface area contributed by atoms with Crippen LogP contribution in [0, 0.1) is 23.7 Å². The smallest absolute Gasteiger partial charge is 0.460 e. The number of rotatable bonds is 10. The minimum Gasteiger partial charge on any atom is -0.743 e. The summed E-state index contributed by atoms with van der Waals surface area (Å²) in [5.74, 6) is -19.9. The molecule has 2 saturated heterocycles. The molecule has 6 aliphatic rings. The molecular weight excluding hydrogens is 1100 g/mol. The monoisotopic (exact) mass is 1140 g/mol. The number of para-hydroxylation sites is 2. The molecule has 3 aromatic rings. The predicted octanol–water partition coefficient (Wildman–Crippen LogP) is 12.6. The Balaban J connectivity index is 0.000000369. The molecule has 4 aliphatic carbocycles. The molecule has 74 heavy (non-hydrogen) atoms. The molecule has 0 N–H and O–H groups in total. The van der Waals surface area contributed by atoms with E-state index in [9.17, 15) is 105 Å². The van der Waals surface area contributed by atoms with E-state index in [0.717, 1.165) is 0 Å². The molecule has 6 fully saturated rings. The highest BCUT2D eigenvalue weighted by Gasteiger charge is 2.90. The summed E-state index contributed by atoms with van der Waals surface area (Å²) in [5.41, 5.74) is -10.3. The fraction of sp³-hybridized carbons (Fsp3) is 0.591. The Morgan fingerprint density at radius 3 is 1.22 bits per heavy atom. The van der Waals surface area contributed by atoms with E-state index < -0.39 is 127 Å². The average Bonchev–Trinajstić information content (AvgIpc) is 3.97. The first-order valence-corrected chi connectivity index (χ1v) is 24.2. The van der Waals surface area contributed by atoms with Crippen LogP contribution in [0.4, 0.5) is 92.2 Å². The molecule has 3 aromatic carbocycles. The van der Waals surface area contributed by atoms with E-state index in [0.29, 0.717) is 25.8 Å². The first-order valence-electron chi connectivity index (χ1n) is 21.6. The van der Waals surface area contributed by atoms with Gasteiger partial charge in [0, 0.05) is 33.8 Å². The van der Waals surface area contributed by atoms with Crippen LogP contribution in [0.2, 0.25) is 0 Å². The van der Waals surface area contributed by atoms with Gasteiger partial charge in [0.15, 0.2) is 26.5 Å². The summed E-state index contributed by atoms with van der Waals surface area (Å²) in [5, 5.41) is -7.11. The van der Waals surface area contributed by atoms with Gasteiger partial charge < -0.3 is 23.5 Å². The molecule has 0 radical (unpaired) electrons. The van der Waals surface area contributed by atoms with Crippen molar-refractivity contribution >= 4 is 21.0 Å². The Hall–Kier alpha value is -4.03. The number of halogens is 21. The van der Waals surface area contributed by atoms with E-state index in [1.54, 1.807) is 66.7 Å². The van der Waals surface area contributed by atoms with Crippen molar-refractivity contribution in [1.82, 2.24) is 0 Å². The van der Waals surface area contributed by atoms with E-state index in [1.165, 1.54) is 14.2 Å². The molecule has 8 atom stereocenters. The van der Waals surface area contributed by atoms with Crippen molar-refractivity contribution in [3.05, 3.63) is 77.9 Å². The van der Waals surface area contributed by atoms with Crippen LogP contribution in [0.25, 0.3) is 0 Å². The quantitative estimate of drug-likeness (QED) is 0.113. The van der Waals surface area contributed by atoms with Gasteiger partial charge in [-0.3, -0.25) is 0 Å². The molecule has 8 unspecified atom stereocenters. The zero-order valence-electron chi connectivity index (χ0n) is 37.2. The fourth-order valence-electron chi connectivity index (χ4n) is 12.6. The lowest BCUT2D eigenvalue weighted by molar-refractivity contribution is -0.472. The first kappa shape index (κ1) is 56.2. The third-order valence-electron chi connectivity index (χ3n) is 15.5. The SMILES string of the molecule is COc1c([S+](c2ccccc2)c2cccc(C34CCC(C3)C3C4OC3(C(F)(F)F)C(F)(F)F)c2OC)cccc1C12CCC(C1)C1C2OC1(C(F)(F)F)C(F)(F)F.O=S(=O)([O-])C(F)(F)C(F)(F)C(F)(F)C(F)(F)F. The molecular formula is C44H35F21O7S2. The van der Waals surface area contributed by atoms with Crippen LogP contribution in [-0.4, -0.2) is 98.6 Å². The molecule has 30 heteroatoms. The normalized spacial score (nSPS) is 29.8. The first-order chi connectivity index (χ1) is 33.6. The zero-order valence-corrected chi connectivity index (χ0v) is 38.8. The number of benzene rings is 3. The maximum atomic E-state index is 14.3. The van der Waals surface area contributed by atoms with Crippen molar-refractivity contribution in [2.24, 2.45) is 23.7 Å². The number of methoxy groups -OCH3 is 2. The zero-order chi connectivity index (χ0) is 55.4. The van der Waals surface area contributed by atoms with Crippen molar-refractivity contribution in [2.75, 3.05) is 14.2 Å². The standard InChI is InChI=1S/C40H35F12O4S.C4HF9O3S/c1-53-29-23(33-16-14-20(18-33)27-31(33)55-35(27,37(41,42)43)38(44,45)46)10-6-12-25(29)57(22-8-4-3-5-9-22)26-13-7-11-24(30(26)54-2)34-17-15-21(19-34)28-32(34)56-36(28,39(47,48)49)40(50,51)52;5-1(6,3(9,10)11)2(7,8)4(12,13)17(14,15)16/h3-13,20-21,27-28,31-32H,14-19H2,1-2H3;(H,14,15,16)/q+1;/p-1. The number of hydrogen-bond donors (Lipinski definition) is 0. The highest BCUT2D eigenvalue weighted by molar-refractivity contribution is 7.97. The maximum Gasteiger partial charge on any atom is 0.460 e. The van der Waals surface area contributed by atoms with Gasteiger partial charge in [0.05, 0.1) is 26.4 Å². The van der Waals surface area contributed by atoms with Crippen LogP contribution in [0.15, 0.2) is 81.4 Å². The van der Waals surface area contributed by atoms with E-state index in [2.05, 4.69) is 0 Å². The van der Waals surface area contributed by atoms with E-state index in [1.807, 2.05) is 0 Å². The van der Waals surface area contributed by atoms with Crippen molar-refractivity contribution in [2.45, 2.75) is 135 Å². The largest absolute Gasteiger partial charge is 0.743 e. The minimum absolute atomic E-state index is 0.0115. The third kappa shape index (κ3) is 7.33. The number of alkyl halides is 21. The maximum absolute atomic E-state index is 14.3. The van der Waals surface area contributed by atoms with E-state index in [4.69, 9.17) is 18.9 Å². The van der Waals surface area contributed by atoms with Gasteiger partial charge >= 0.3 is 48.0 Å². The van der Waals surface area contributed by atoms with Crippen LogP contribution in [-0.2, 0) is 41.3 Å². The Morgan fingerprint density at radius 1 is 0.541 bits per heavy atom. The van der Waals surface area contributed by atoms with Crippen LogP contribution in [0.3, 0.4) is 0 Å². The predicted molar refractivity (Wildman–Crippen MR) is 210 cm³/mol. The minimum atomic E-state index is -7.43. The van der Waals surface area contributed by atoms with Crippen molar-refractivity contribution in [1.29, 1.82) is 0 Å². The molecule has 4 saturated carbocycles. The lowest BCUT2D eigenvalue weighted by Crippen LogP contribution is -2.77. The summed E-state index contributed by atoms with van der Waals surface area (Å²) < 4.78 is 329. The van der Waals surface area contributed by atoms with Gasteiger partial charge in [0.2, 0.25) is 9.79 Å². The number of ether oxygens (including phenoxy) is 4. The van der Waals surface area contributed by atoms with Crippen LogP contribution < -0.4 is 9.47 Å². The molecule has 0 aromatic heterocycles. The summed E-state index contributed by atoms with van der Waals surface area (Å²) >= 11 is 0. The molecule has 0 amide bonds. The van der Waals surface area contributed by atoms with Crippen LogP contribution in [0.1, 0.15) is 49.7 Å². The Kier molecular flexibility index (Phi) is 12.9. The summed E-state index contributed by atoms with van der Waals surface area (Å²) in [6.45, 7) is 0. The highest BCUT2D eigenvalue weighted by atomic mass is 32.2. The molecule has 2 aliphatic heterocycles. The molecule has 2 heterocycles. The molecule has 4 bridgehead atoms. The Morgan fingerprint density at radius 2 is 0.905 bits per heavy atom. The van der Waals surface area contributed by atoms with E-state index in [-0.39, 0.29) is 50.0 Å². The van der Waals surface area contributed by atoms with Gasteiger partial charge in [0.25, 0.3) is 11.2 Å². The lowest BCUT2D eigenvalue weighted by Gasteiger charge is -2.59. The second-order valence-corrected chi connectivity index (χ2v) is 22.2. The van der Waals surface area contributed by atoms with Crippen LogP contribution in [0.5, 0.6) is 11.5 Å². The summed E-state index contributed by atoms with van der Waals surface area (Å²) in [7, 11) is -5.92. The lowest BCUT2D eigenvalue weighted by atomic mass is 9.62. The van der Waals surface area contributed by atoms with Crippen molar-refractivity contribution < 1.29 is 124 Å². The average molecular weight is 1140 g/mol. The second-order valence-electron chi connectivity index (χ2n) is 18.8. The third-order valence-corrected chi connectivity index (χ3v) is 18.6. The molecule has 9 rings (SSSR count). The van der Waals surface area contributed by atoms with Gasteiger partial charge in [-0.25, -0.2) is 8.42 Å². The highest BCUT2D eigenvalue weighted by Crippen LogP contribution is 2.76. The van der Waals surface area contributed by atoms with Crippen molar-refractivity contribution in [3.63, 3.8) is 0 Å². The van der Waals surface area contributed by atoms with Crippen LogP contribution >= 0.6 is 0 Å². The van der Waals surface area contributed by atoms with Gasteiger partial charge in [-0.1, -0.05) is 42.5 Å². The van der Waals surface area contributed by atoms with E-state index >= 15 is 0 Å². The molecule has 0 spiro atoms. The summed E-state index contributed by atoms with van der Waals surface area (Å²) in [4.78, 5) is 1.67. The number of fused-ring (bicyclic) bond motifs is 10. The Bertz CT molecular complexity index is 2610. The second kappa shape index (κ2) is 17.0. The topological polar surface area (TPSA) is 94.1 Å². The molecule has 412 valence electrons. The summed E-state index contributed by atoms with van der Waals surface area (Å²) in [6, 6.07) is 18.9. The molecule has 7 nitrogen and oxygen atoms in total. The summed E-state index contributed by atoms with van der Waals surface area (Å²) in [6.07, 6.45) is -32.0. The van der Waals surface area contributed by atoms with Gasteiger partial charge in [-0.2, -0.15) is 92.2 Å². The van der Waals surface area contributed by atoms with Gasteiger partial charge in [0.1, 0.15) is 10.9 Å². The van der Waals surface area contributed by atoms with Gasteiger partial charge in [-0.05, 0) is 74.6 Å². The van der Waals surface area contributed by atoms with Gasteiger partial charge in [-0.15, -0.1) is 0 Å². The number of hydrogen-bond acceptors (Lipinski definition) is 7. The Labute approximate surface area is 407 Å². The van der Waals surface area contributed by atoms with Crippen molar-refractivity contribution in [3.8, 4) is 11.5 Å².